The van der Waals surface area contributed by atoms with Crippen molar-refractivity contribution in [1.29, 1.82) is 0 Å². The second-order valence-corrected chi connectivity index (χ2v) is 4.33. The molecule has 0 amide bonds. The monoisotopic (exact) mass is 195 g/mol. The third-order valence-electron chi connectivity index (χ3n) is 2.78. The second-order valence-electron chi connectivity index (χ2n) is 4.33. The molecule has 2 rings (SSSR count). The van der Waals surface area contributed by atoms with Gasteiger partial charge in [-0.05, 0) is 20.9 Å². The van der Waals surface area contributed by atoms with Crippen LogP contribution in [0.15, 0.2) is 4.79 Å². The van der Waals surface area contributed by atoms with Crippen LogP contribution in [-0.4, -0.2) is 28.3 Å². The van der Waals surface area contributed by atoms with Gasteiger partial charge in [-0.15, -0.1) is 0 Å². The molecular formula is C10H17N3O. The molecule has 0 aromatic carbocycles. The highest BCUT2D eigenvalue weighted by Crippen LogP contribution is 2.13. The van der Waals surface area contributed by atoms with Gasteiger partial charge in [0.2, 0.25) is 0 Å². The van der Waals surface area contributed by atoms with Gasteiger partial charge in [-0.1, -0.05) is 0 Å². The summed E-state index contributed by atoms with van der Waals surface area (Å²) in [6, 6.07) is 0.221. The quantitative estimate of drug-likeness (QED) is 0.718. The van der Waals surface area contributed by atoms with Crippen LogP contribution in [0.5, 0.6) is 0 Å². The van der Waals surface area contributed by atoms with Crippen LogP contribution in [0.1, 0.15) is 31.1 Å². The van der Waals surface area contributed by atoms with E-state index >= 15 is 0 Å². The highest BCUT2D eigenvalue weighted by atomic mass is 16.1. The van der Waals surface area contributed by atoms with E-state index in [2.05, 4.69) is 17.0 Å². The number of nitrogens with one attached hydrogen (secondary N) is 1. The van der Waals surface area contributed by atoms with E-state index in [1.165, 1.54) is 0 Å². The van der Waals surface area contributed by atoms with Crippen LogP contribution in [0.2, 0.25) is 0 Å². The first kappa shape index (κ1) is 9.52. The first-order valence-corrected chi connectivity index (χ1v) is 5.10. The summed E-state index contributed by atoms with van der Waals surface area (Å²) in [6.07, 6.45) is 0.959. The fraction of sp³-hybridized carbons (Fsp3) is 0.700. The molecule has 78 valence electrons. The number of likely N-dealkylation sites (N-methyl/N-ethyl adjacent to an activating group) is 1. The maximum absolute atomic E-state index is 11.9. The molecule has 1 aliphatic rings. The molecule has 2 heterocycles. The molecule has 0 saturated carbocycles. The Hall–Kier alpha value is -1.03. The Morgan fingerprint density at radius 2 is 2.14 bits per heavy atom. The number of aromatic nitrogens is 2. The van der Waals surface area contributed by atoms with E-state index in [-0.39, 0.29) is 11.6 Å². The molecule has 0 radical (unpaired) electrons. The Balaban J connectivity index is 2.47. The summed E-state index contributed by atoms with van der Waals surface area (Å²) in [4.78, 5) is 14.1. The zero-order valence-electron chi connectivity index (χ0n) is 9.00. The van der Waals surface area contributed by atoms with Gasteiger partial charge in [0, 0.05) is 31.2 Å². The van der Waals surface area contributed by atoms with E-state index in [1.54, 1.807) is 4.68 Å². The van der Waals surface area contributed by atoms with Gasteiger partial charge in [-0.2, -0.15) is 0 Å². The predicted octanol–water partition coefficient (Wildman–Crippen LogP) is 0.745. The van der Waals surface area contributed by atoms with Crippen molar-refractivity contribution in [2.75, 3.05) is 13.6 Å². The molecule has 0 unspecified atom stereocenters. The molecule has 1 aromatic heterocycles. The second kappa shape index (κ2) is 3.28. The Kier molecular flexibility index (Phi) is 2.23. The van der Waals surface area contributed by atoms with E-state index in [1.807, 2.05) is 13.8 Å². The number of fused-ring (bicyclic) bond motifs is 1. The highest BCUT2D eigenvalue weighted by molar-refractivity contribution is 5.20. The maximum Gasteiger partial charge on any atom is 0.271 e. The van der Waals surface area contributed by atoms with E-state index in [9.17, 15) is 4.79 Å². The lowest BCUT2D eigenvalue weighted by Crippen LogP contribution is -2.30. The maximum atomic E-state index is 11.9. The Morgan fingerprint density at radius 3 is 2.79 bits per heavy atom. The fourth-order valence-electron chi connectivity index (χ4n) is 1.92. The SMILES string of the molecule is CC(C)n1[nH]c2c(c1=O)CN(C)CC2. The van der Waals surface area contributed by atoms with Crippen molar-refractivity contribution in [3.63, 3.8) is 0 Å². The van der Waals surface area contributed by atoms with Crippen molar-refractivity contribution in [3.8, 4) is 0 Å². The van der Waals surface area contributed by atoms with Gasteiger partial charge in [0.15, 0.2) is 0 Å². The normalized spacial score (nSPS) is 17.4. The molecule has 1 aliphatic heterocycles. The number of hydrogen-bond acceptors (Lipinski definition) is 2. The molecular weight excluding hydrogens is 178 g/mol. The Morgan fingerprint density at radius 1 is 1.43 bits per heavy atom. The lowest BCUT2D eigenvalue weighted by molar-refractivity contribution is 0.311. The van der Waals surface area contributed by atoms with Crippen LogP contribution < -0.4 is 5.56 Å². The van der Waals surface area contributed by atoms with Crippen molar-refractivity contribution in [1.82, 2.24) is 14.7 Å². The zero-order chi connectivity index (χ0) is 10.3. The van der Waals surface area contributed by atoms with Crippen molar-refractivity contribution in [3.05, 3.63) is 21.6 Å². The first-order chi connectivity index (χ1) is 6.59. The van der Waals surface area contributed by atoms with Gasteiger partial charge >= 0.3 is 0 Å². The van der Waals surface area contributed by atoms with Crippen LogP contribution in [0, 0.1) is 0 Å². The van der Waals surface area contributed by atoms with Crippen LogP contribution in [0.4, 0.5) is 0 Å². The van der Waals surface area contributed by atoms with Gasteiger partial charge < -0.3 is 4.90 Å². The lowest BCUT2D eigenvalue weighted by Gasteiger charge is -2.20. The van der Waals surface area contributed by atoms with Gasteiger partial charge in [0.1, 0.15) is 0 Å². The molecule has 4 nitrogen and oxygen atoms in total. The molecule has 0 fully saturated rings. The van der Waals surface area contributed by atoms with E-state index < -0.39 is 0 Å². The largest absolute Gasteiger partial charge is 0.301 e. The van der Waals surface area contributed by atoms with Crippen LogP contribution >= 0.6 is 0 Å². The Bertz CT molecular complexity index is 389. The van der Waals surface area contributed by atoms with Crippen molar-refractivity contribution < 1.29 is 0 Å². The number of H-pyrrole nitrogens is 1. The van der Waals surface area contributed by atoms with Crippen LogP contribution in [-0.2, 0) is 13.0 Å². The van der Waals surface area contributed by atoms with E-state index in [0.717, 1.165) is 30.8 Å². The van der Waals surface area contributed by atoms with Gasteiger partial charge in [0.05, 0.1) is 5.56 Å². The topological polar surface area (TPSA) is 41.0 Å². The summed E-state index contributed by atoms with van der Waals surface area (Å²) in [7, 11) is 2.05. The van der Waals surface area contributed by atoms with Crippen LogP contribution in [0.25, 0.3) is 0 Å². The van der Waals surface area contributed by atoms with E-state index in [4.69, 9.17) is 0 Å². The lowest BCUT2D eigenvalue weighted by atomic mass is 10.1. The summed E-state index contributed by atoms with van der Waals surface area (Å²) in [5.74, 6) is 0. The molecule has 0 aliphatic carbocycles. The molecule has 1 N–H and O–H groups in total. The molecule has 1 aromatic rings. The average molecular weight is 195 g/mol. The number of nitrogens with zero attached hydrogens (tertiary/aromatic N) is 2. The Labute approximate surface area is 83.5 Å². The third kappa shape index (κ3) is 1.39. The number of aromatic amines is 1. The smallest absolute Gasteiger partial charge is 0.271 e. The molecule has 4 heteroatoms. The molecule has 14 heavy (non-hydrogen) atoms. The summed E-state index contributed by atoms with van der Waals surface area (Å²) < 4.78 is 1.73. The van der Waals surface area contributed by atoms with Gasteiger partial charge in [0.25, 0.3) is 5.56 Å². The standard InChI is InChI=1S/C10H17N3O/c1-7(2)13-10(14)8-6-12(3)5-4-9(8)11-13/h7,11H,4-6H2,1-3H3. The summed E-state index contributed by atoms with van der Waals surface area (Å²) in [5.41, 5.74) is 2.23. The van der Waals surface area contributed by atoms with Crippen molar-refractivity contribution in [2.45, 2.75) is 32.9 Å². The van der Waals surface area contributed by atoms with Crippen molar-refractivity contribution >= 4 is 0 Å². The molecule has 0 bridgehead atoms. The minimum Gasteiger partial charge on any atom is -0.301 e. The number of rotatable bonds is 1. The fourth-order valence-corrected chi connectivity index (χ4v) is 1.92. The minimum atomic E-state index is 0.154. The molecule has 0 saturated heterocycles. The van der Waals surface area contributed by atoms with Gasteiger partial charge in [-0.25, -0.2) is 0 Å². The minimum absolute atomic E-state index is 0.154. The number of hydrogen-bond donors (Lipinski definition) is 1. The average Bonchev–Trinajstić information content (AvgIpc) is 2.44. The summed E-state index contributed by atoms with van der Waals surface area (Å²) >= 11 is 0. The zero-order valence-corrected chi connectivity index (χ0v) is 9.00. The third-order valence-corrected chi connectivity index (χ3v) is 2.78. The first-order valence-electron chi connectivity index (χ1n) is 5.10. The van der Waals surface area contributed by atoms with Crippen molar-refractivity contribution in [2.24, 2.45) is 0 Å². The highest BCUT2D eigenvalue weighted by Gasteiger charge is 2.20. The summed E-state index contributed by atoms with van der Waals surface area (Å²) in [6.45, 7) is 5.86. The predicted molar refractivity (Wildman–Crippen MR) is 55.5 cm³/mol. The molecule has 0 spiro atoms. The molecule has 0 atom stereocenters. The van der Waals surface area contributed by atoms with Gasteiger partial charge in [-0.3, -0.25) is 14.6 Å². The van der Waals surface area contributed by atoms with E-state index in [0.29, 0.717) is 0 Å². The summed E-state index contributed by atoms with van der Waals surface area (Å²) in [5, 5.41) is 3.20. The van der Waals surface area contributed by atoms with Crippen LogP contribution in [0.3, 0.4) is 0 Å².